The van der Waals surface area contributed by atoms with Crippen LogP contribution in [0.15, 0.2) is 159 Å². The molecule has 0 saturated carbocycles. The minimum atomic E-state index is -0.276. The van der Waals surface area contributed by atoms with Crippen molar-refractivity contribution in [2.75, 3.05) is 0 Å². The zero-order valence-corrected chi connectivity index (χ0v) is 53.8. The van der Waals surface area contributed by atoms with Crippen molar-refractivity contribution in [1.29, 1.82) is 0 Å². The van der Waals surface area contributed by atoms with Crippen molar-refractivity contribution in [1.82, 2.24) is 82.9 Å². The van der Waals surface area contributed by atoms with E-state index in [4.69, 9.17) is 15.0 Å². The first-order chi connectivity index (χ1) is 46.0. The molecule has 22 heteroatoms. The second-order valence-electron chi connectivity index (χ2n) is 24.9. The van der Waals surface area contributed by atoms with E-state index >= 15 is 0 Å². The largest absolute Gasteiger partial charge is 0.334 e. The van der Waals surface area contributed by atoms with Crippen LogP contribution in [0.5, 0.6) is 0 Å². The van der Waals surface area contributed by atoms with Gasteiger partial charge in [0.05, 0.1) is 70.1 Å². The van der Waals surface area contributed by atoms with Gasteiger partial charge in [-0.05, 0) is 106 Å². The molecule has 95 heavy (non-hydrogen) atoms. The van der Waals surface area contributed by atoms with Gasteiger partial charge in [-0.25, -0.2) is 38.7 Å². The second-order valence-corrected chi connectivity index (χ2v) is 24.9. The highest BCUT2D eigenvalue weighted by Gasteiger charge is 2.31. The number of Topliss-reactive ketones (excluding diaryl/α,β-unsaturated/α-hetero) is 3. The molecular formula is C73H71F2N17O3. The van der Waals surface area contributed by atoms with E-state index < -0.39 is 0 Å². The molecule has 12 aromatic rings. The molecule has 3 aliphatic rings. The fraction of sp³-hybridized carbons (Fsp3) is 0.288. The third-order valence-corrected chi connectivity index (χ3v) is 17.9. The standard InChI is InChI=1S/C25H25N5O.2C24H23FN6O/c1-17-8-10-26-21(12-17)20-15-27-29(2)25(20)23(31)13-18-9-11-30-16-22(28-24(30)14-18)19-6-4-3-5-7-19;1-15-6-8-26-24(28-15)19-13-27-30(2)23(19)21(32)10-16-7-9-31-14-20(29-22(31)11-16)17-4-3-5-18(25)12-17;1-15-11-26-13-20(28-15)19-12-27-30(2)24(19)22(32)8-16-6-7-31-14-21(29-23(31)9-16)17-4-3-5-18(25)10-17/h3-8,10,12,15-16,18H,9,11,13-14H2,1-2H3;3-6,8,12-14,16H,7,9-11H2,1-2H3;3-5,10-14,16H,6-9H2,1-2H3. The molecule has 0 bridgehead atoms. The molecule has 15 rings (SSSR count). The number of rotatable bonds is 15. The van der Waals surface area contributed by atoms with Crippen molar-refractivity contribution < 1.29 is 23.2 Å². The number of hydrogen-bond donors (Lipinski definition) is 0. The van der Waals surface area contributed by atoms with E-state index in [1.165, 1.54) is 24.3 Å². The summed E-state index contributed by atoms with van der Waals surface area (Å²) in [6, 6.07) is 28.9. The molecule has 9 aromatic heterocycles. The van der Waals surface area contributed by atoms with Crippen LogP contribution in [0.25, 0.3) is 67.7 Å². The van der Waals surface area contributed by atoms with Gasteiger partial charge in [0.1, 0.15) is 46.2 Å². The van der Waals surface area contributed by atoms with Crippen LogP contribution in [-0.2, 0) is 60.0 Å². The summed E-state index contributed by atoms with van der Waals surface area (Å²) in [6.45, 7) is 8.26. The minimum absolute atomic E-state index is 0.0282. The SMILES string of the molecule is Cc1ccnc(-c2cnn(C)c2C(=O)CC2CCn3cc(-c4cccc(F)c4)nc3C2)n1.Cc1ccnc(-c2cnn(C)c2C(=O)CC2CCn3cc(-c4ccccc4)nc3C2)c1.Cc1cncc(-c2cnn(C)c2C(=O)CC2CCn3cc(-c4cccc(F)c4)nc3C2)n1. The first kappa shape index (κ1) is 62.9. The van der Waals surface area contributed by atoms with E-state index in [2.05, 4.69) is 72.2 Å². The second kappa shape index (κ2) is 27.4. The fourth-order valence-electron chi connectivity index (χ4n) is 13.1. The smallest absolute Gasteiger partial charge is 0.181 e. The monoisotopic (exact) mass is 1270 g/mol. The number of benzene rings is 3. The van der Waals surface area contributed by atoms with Gasteiger partial charge in [0.15, 0.2) is 23.2 Å². The molecule has 20 nitrogen and oxygen atoms in total. The number of aromatic nitrogens is 17. The van der Waals surface area contributed by atoms with Crippen LogP contribution >= 0.6 is 0 Å². The van der Waals surface area contributed by atoms with Gasteiger partial charge >= 0.3 is 0 Å². The summed E-state index contributed by atoms with van der Waals surface area (Å²) in [5.41, 5.74) is 13.3. The molecule has 0 fully saturated rings. The van der Waals surface area contributed by atoms with Crippen LogP contribution in [0.1, 0.15) is 104 Å². The molecule has 0 radical (unpaired) electrons. The molecule has 3 unspecified atom stereocenters. The summed E-state index contributed by atoms with van der Waals surface area (Å²) in [5, 5.41) is 12.9. The Hall–Kier alpha value is -10.9. The van der Waals surface area contributed by atoms with Gasteiger partial charge < -0.3 is 13.7 Å². The highest BCUT2D eigenvalue weighted by atomic mass is 19.1. The summed E-state index contributed by atoms with van der Waals surface area (Å²) >= 11 is 0. The zero-order chi connectivity index (χ0) is 65.9. The molecule has 0 aliphatic carbocycles. The highest BCUT2D eigenvalue weighted by Crippen LogP contribution is 2.34. The maximum absolute atomic E-state index is 13.6. The lowest BCUT2D eigenvalue weighted by molar-refractivity contribution is 0.0936. The Balaban J connectivity index is 0.000000129. The van der Waals surface area contributed by atoms with Gasteiger partial charge in [-0.2, -0.15) is 15.3 Å². The van der Waals surface area contributed by atoms with Crippen molar-refractivity contribution in [3.05, 3.63) is 222 Å². The molecule has 0 saturated heterocycles. The molecule has 0 spiro atoms. The Bertz CT molecular complexity index is 4600. The molecule has 480 valence electrons. The first-order valence-corrected chi connectivity index (χ1v) is 32.0. The van der Waals surface area contributed by atoms with E-state index in [0.717, 1.165) is 125 Å². The molecule has 3 atom stereocenters. The molecule has 12 heterocycles. The van der Waals surface area contributed by atoms with Crippen molar-refractivity contribution >= 4 is 17.3 Å². The number of carbonyl (C=O) groups is 3. The maximum atomic E-state index is 13.6. The lowest BCUT2D eigenvalue weighted by Gasteiger charge is -2.22. The van der Waals surface area contributed by atoms with Crippen LogP contribution in [0.3, 0.4) is 0 Å². The average molecular weight is 1270 g/mol. The number of fused-ring (bicyclic) bond motifs is 3. The average Bonchev–Trinajstić information content (AvgIpc) is 1.81. The number of hydrogen-bond acceptors (Lipinski definition) is 14. The number of ketones is 3. The van der Waals surface area contributed by atoms with Gasteiger partial charge in [-0.1, -0.05) is 54.6 Å². The summed E-state index contributed by atoms with van der Waals surface area (Å²) in [5.74, 6) is 3.72. The number of nitrogens with zero attached hydrogens (tertiary/aromatic N) is 17. The Kier molecular flexibility index (Phi) is 18.1. The molecular weight excluding hydrogens is 1200 g/mol. The Morgan fingerprint density at radius 3 is 1.37 bits per heavy atom. The molecule has 0 N–H and O–H groups in total. The van der Waals surface area contributed by atoms with Crippen LogP contribution in [0, 0.1) is 50.2 Å². The van der Waals surface area contributed by atoms with Crippen LogP contribution in [-0.4, -0.2) is 100 Å². The fourth-order valence-corrected chi connectivity index (χ4v) is 13.1. The van der Waals surface area contributed by atoms with Gasteiger partial charge in [-0.15, -0.1) is 0 Å². The number of carbonyl (C=O) groups excluding carboxylic acids is 3. The lowest BCUT2D eigenvalue weighted by Crippen LogP contribution is -2.22. The van der Waals surface area contributed by atoms with Gasteiger partial charge in [0.25, 0.3) is 0 Å². The summed E-state index contributed by atoms with van der Waals surface area (Å²) in [7, 11) is 5.37. The van der Waals surface area contributed by atoms with Crippen molar-refractivity contribution in [3.8, 4) is 67.7 Å². The summed E-state index contributed by atoms with van der Waals surface area (Å²) in [4.78, 5) is 76.1. The summed E-state index contributed by atoms with van der Waals surface area (Å²) in [6.07, 6.45) is 24.2. The number of pyridine rings is 1. The predicted molar refractivity (Wildman–Crippen MR) is 354 cm³/mol. The zero-order valence-electron chi connectivity index (χ0n) is 53.8. The summed E-state index contributed by atoms with van der Waals surface area (Å²) < 4.78 is 38.6. The lowest BCUT2D eigenvalue weighted by atomic mass is 9.90. The number of halogens is 2. The maximum Gasteiger partial charge on any atom is 0.181 e. The van der Waals surface area contributed by atoms with Crippen molar-refractivity contribution in [3.63, 3.8) is 0 Å². The quantitative estimate of drug-likeness (QED) is 0.0871. The van der Waals surface area contributed by atoms with Crippen LogP contribution in [0.2, 0.25) is 0 Å². The van der Waals surface area contributed by atoms with Gasteiger partial charge in [0, 0.05) is 144 Å². The van der Waals surface area contributed by atoms with Crippen molar-refractivity contribution in [2.45, 2.75) is 98.2 Å². The van der Waals surface area contributed by atoms with Crippen molar-refractivity contribution in [2.24, 2.45) is 38.9 Å². The first-order valence-electron chi connectivity index (χ1n) is 32.0. The topological polar surface area (TPSA) is 223 Å². The normalized spacial score (nSPS) is 15.6. The molecule has 3 aliphatic heterocycles. The Labute approximate surface area is 547 Å². The minimum Gasteiger partial charge on any atom is -0.334 e. The predicted octanol–water partition coefficient (Wildman–Crippen LogP) is 12.5. The molecule has 0 amide bonds. The third-order valence-electron chi connectivity index (χ3n) is 17.9. The van der Waals surface area contributed by atoms with Gasteiger partial charge in [-0.3, -0.25) is 38.4 Å². The van der Waals surface area contributed by atoms with Crippen LogP contribution in [0.4, 0.5) is 8.78 Å². The molecule has 3 aromatic carbocycles. The Morgan fingerprint density at radius 1 is 0.442 bits per heavy atom. The van der Waals surface area contributed by atoms with E-state index in [0.29, 0.717) is 71.8 Å². The van der Waals surface area contributed by atoms with E-state index in [1.807, 2.05) is 88.7 Å². The van der Waals surface area contributed by atoms with E-state index in [-0.39, 0.29) is 46.7 Å². The van der Waals surface area contributed by atoms with E-state index in [9.17, 15) is 23.2 Å². The highest BCUT2D eigenvalue weighted by molar-refractivity contribution is 6.02. The third kappa shape index (κ3) is 14.1. The van der Waals surface area contributed by atoms with Crippen LogP contribution < -0.4 is 0 Å². The van der Waals surface area contributed by atoms with E-state index in [1.54, 1.807) is 83.7 Å². The Morgan fingerprint density at radius 2 is 0.895 bits per heavy atom. The number of aryl methyl sites for hydroxylation is 9. The van der Waals surface area contributed by atoms with Gasteiger partial charge in [0.2, 0.25) is 0 Å². The number of imidazole rings is 3.